The summed E-state index contributed by atoms with van der Waals surface area (Å²) in [6, 6.07) is 0. The van der Waals surface area contributed by atoms with E-state index in [4.69, 9.17) is 9.84 Å². The molecule has 0 aromatic rings. The van der Waals surface area contributed by atoms with E-state index >= 15 is 0 Å². The number of aliphatic hydroxyl groups excluding tert-OH is 2. The molecule has 0 aromatic heterocycles. The van der Waals surface area contributed by atoms with E-state index in [0.29, 0.717) is 25.7 Å². The van der Waals surface area contributed by atoms with Crippen LogP contribution in [0.3, 0.4) is 0 Å². The molecular weight excluding hydrogens is 389 g/mol. The first-order valence-corrected chi connectivity index (χ1v) is 10.1. The first-order valence-electron chi connectivity index (χ1n) is 8.69. The first kappa shape index (κ1) is 23.9. The Labute approximate surface area is 157 Å². The molecule has 27 heavy (non-hydrogen) atoms. The van der Waals surface area contributed by atoms with Gasteiger partial charge in [-0.15, -0.1) is 0 Å². The summed E-state index contributed by atoms with van der Waals surface area (Å²) in [5.41, 5.74) is -4.62. The Bertz CT molecular complexity index is 617. The van der Waals surface area contributed by atoms with Crippen LogP contribution in [0.5, 0.6) is 0 Å². The fourth-order valence-corrected chi connectivity index (χ4v) is 3.37. The van der Waals surface area contributed by atoms with Crippen LogP contribution < -0.4 is 0 Å². The third-order valence-electron chi connectivity index (χ3n) is 4.42. The molecule has 0 spiro atoms. The average molecular weight is 416 g/mol. The fraction of sp³-hybridized carbons (Fsp3) is 0.765. The Morgan fingerprint density at radius 1 is 1.41 bits per heavy atom. The molecule has 158 valence electrons. The largest absolute Gasteiger partial charge is 0.534 e. The van der Waals surface area contributed by atoms with Gasteiger partial charge in [-0.1, -0.05) is 20.1 Å². The Balaban J connectivity index is 2.42. The molecule has 1 saturated heterocycles. The molecular formula is C17H27F3O6S. The highest BCUT2D eigenvalue weighted by Crippen LogP contribution is 2.32. The quantitative estimate of drug-likeness (QED) is 0.233. The molecule has 1 aliphatic heterocycles. The summed E-state index contributed by atoms with van der Waals surface area (Å²) in [4.78, 5) is 0. The predicted molar refractivity (Wildman–Crippen MR) is 93.0 cm³/mol. The molecule has 1 aliphatic rings. The van der Waals surface area contributed by atoms with Gasteiger partial charge in [-0.3, -0.25) is 0 Å². The van der Waals surface area contributed by atoms with E-state index in [1.807, 2.05) is 0 Å². The predicted octanol–water partition coefficient (Wildman–Crippen LogP) is 3.02. The Kier molecular flexibility index (Phi) is 8.78. The number of halogens is 3. The molecule has 6 nitrogen and oxygen atoms in total. The van der Waals surface area contributed by atoms with Gasteiger partial charge in [-0.05, 0) is 44.1 Å². The molecule has 0 saturated carbocycles. The molecule has 0 unspecified atom stereocenters. The van der Waals surface area contributed by atoms with Crippen LogP contribution in [0.1, 0.15) is 45.4 Å². The number of allylic oxidation sites excluding steroid dienone is 1. The van der Waals surface area contributed by atoms with Crippen molar-refractivity contribution in [2.45, 2.75) is 69.3 Å². The molecule has 1 fully saturated rings. The maximum atomic E-state index is 12.3. The second-order valence-corrected chi connectivity index (χ2v) is 8.33. The Morgan fingerprint density at radius 2 is 2.04 bits per heavy atom. The summed E-state index contributed by atoms with van der Waals surface area (Å²) < 4.78 is 68.7. The van der Waals surface area contributed by atoms with Crippen LogP contribution in [0, 0.1) is 5.92 Å². The van der Waals surface area contributed by atoms with Crippen molar-refractivity contribution >= 4 is 10.1 Å². The molecule has 0 aliphatic carbocycles. The molecule has 4 atom stereocenters. The van der Waals surface area contributed by atoms with E-state index in [1.165, 1.54) is 6.92 Å². The Morgan fingerprint density at radius 3 is 2.59 bits per heavy atom. The van der Waals surface area contributed by atoms with Crippen molar-refractivity contribution in [2.24, 2.45) is 5.92 Å². The van der Waals surface area contributed by atoms with Crippen LogP contribution in [0.15, 0.2) is 24.5 Å². The number of rotatable bonds is 11. The van der Waals surface area contributed by atoms with Gasteiger partial charge in [0.15, 0.2) is 0 Å². The maximum absolute atomic E-state index is 12.3. The summed E-state index contributed by atoms with van der Waals surface area (Å²) in [7, 11) is -5.75. The highest BCUT2D eigenvalue weighted by atomic mass is 32.2. The zero-order valence-corrected chi connectivity index (χ0v) is 16.1. The van der Waals surface area contributed by atoms with Crippen LogP contribution in [-0.4, -0.2) is 49.1 Å². The highest BCUT2D eigenvalue weighted by molar-refractivity contribution is 7.87. The number of aliphatic hydroxyl groups is 2. The van der Waals surface area contributed by atoms with Crippen molar-refractivity contribution in [3.05, 3.63) is 24.5 Å². The van der Waals surface area contributed by atoms with Crippen LogP contribution in [0.4, 0.5) is 13.2 Å². The number of alkyl halides is 3. The van der Waals surface area contributed by atoms with Crippen LogP contribution in [-0.2, 0) is 19.0 Å². The van der Waals surface area contributed by atoms with Gasteiger partial charge in [0.2, 0.25) is 0 Å². The van der Waals surface area contributed by atoms with Gasteiger partial charge in [-0.25, -0.2) is 0 Å². The van der Waals surface area contributed by atoms with Crippen molar-refractivity contribution < 1.29 is 40.7 Å². The maximum Gasteiger partial charge on any atom is 0.534 e. The topological polar surface area (TPSA) is 93.1 Å². The lowest BCUT2D eigenvalue weighted by molar-refractivity contribution is -0.0527. The lowest BCUT2D eigenvalue weighted by Gasteiger charge is -2.20. The van der Waals surface area contributed by atoms with Gasteiger partial charge >= 0.3 is 15.6 Å². The van der Waals surface area contributed by atoms with E-state index in [9.17, 15) is 26.7 Å². The van der Waals surface area contributed by atoms with Gasteiger partial charge in [0.25, 0.3) is 0 Å². The molecule has 1 heterocycles. The highest BCUT2D eigenvalue weighted by Gasteiger charge is 2.49. The average Bonchev–Trinajstić information content (AvgIpc) is 2.89. The van der Waals surface area contributed by atoms with Crippen molar-refractivity contribution in [3.63, 3.8) is 0 Å². The summed E-state index contributed by atoms with van der Waals surface area (Å²) in [6.07, 6.45) is 1.72. The summed E-state index contributed by atoms with van der Waals surface area (Å²) in [5.74, 6) is -1.36. The minimum atomic E-state index is -5.75. The van der Waals surface area contributed by atoms with Gasteiger partial charge in [0.1, 0.15) is 5.76 Å². The van der Waals surface area contributed by atoms with E-state index in [0.717, 1.165) is 12.0 Å². The van der Waals surface area contributed by atoms with Gasteiger partial charge in [-0.2, -0.15) is 21.6 Å². The van der Waals surface area contributed by atoms with Gasteiger partial charge < -0.3 is 19.1 Å². The summed E-state index contributed by atoms with van der Waals surface area (Å²) >= 11 is 0. The number of hydrogen-bond donors (Lipinski definition) is 2. The lowest BCUT2D eigenvalue weighted by Crippen LogP contribution is -2.27. The lowest BCUT2D eigenvalue weighted by atomic mass is 9.96. The van der Waals surface area contributed by atoms with E-state index in [-0.39, 0.29) is 25.2 Å². The third kappa shape index (κ3) is 7.44. The zero-order valence-electron chi connectivity index (χ0n) is 15.2. The fourth-order valence-electron chi connectivity index (χ4n) is 2.83. The van der Waals surface area contributed by atoms with E-state index in [1.54, 1.807) is 0 Å². The summed E-state index contributed by atoms with van der Waals surface area (Å²) in [5, 5.41) is 18.9. The normalized spacial score (nSPS) is 23.3. The number of hydrogen-bond acceptors (Lipinski definition) is 6. The standard InChI is InChI=1S/C17H27F3O6S/c1-11(13(3)26-27(23,24)17(18,19)20)9-14(22)6-7-16-12(2)10-15(25-16)5-4-8-21/h11,14-16,21-22H,2-10H2,1H3/t11-,14-,15+,16+/m1/s1. The molecule has 2 N–H and O–H groups in total. The molecule has 10 heteroatoms. The van der Waals surface area contributed by atoms with Crippen LogP contribution in [0.2, 0.25) is 0 Å². The SMILES string of the molecule is C=C(OS(=O)(=O)C(F)(F)F)[C@H](C)C[C@H](O)CC[C@@H]1O[C@@H](CCCO)CC1=C. The zero-order chi connectivity index (χ0) is 20.8. The van der Waals surface area contributed by atoms with Crippen molar-refractivity contribution in [1.29, 1.82) is 0 Å². The minimum absolute atomic E-state index is 0.000647. The minimum Gasteiger partial charge on any atom is -0.396 e. The Hall–Kier alpha value is -1.10. The van der Waals surface area contributed by atoms with E-state index < -0.39 is 33.4 Å². The monoisotopic (exact) mass is 416 g/mol. The molecule has 1 rings (SSSR count). The molecule has 0 aromatic carbocycles. The van der Waals surface area contributed by atoms with Crippen molar-refractivity contribution in [2.75, 3.05) is 6.61 Å². The molecule has 0 bridgehead atoms. The smallest absolute Gasteiger partial charge is 0.396 e. The third-order valence-corrected chi connectivity index (χ3v) is 5.42. The molecule has 0 amide bonds. The van der Waals surface area contributed by atoms with Crippen molar-refractivity contribution in [1.82, 2.24) is 0 Å². The van der Waals surface area contributed by atoms with Crippen LogP contribution >= 0.6 is 0 Å². The van der Waals surface area contributed by atoms with Gasteiger partial charge in [0, 0.05) is 12.5 Å². The first-order chi connectivity index (χ1) is 12.4. The second kappa shape index (κ2) is 9.90. The van der Waals surface area contributed by atoms with E-state index in [2.05, 4.69) is 17.3 Å². The van der Waals surface area contributed by atoms with Crippen LogP contribution in [0.25, 0.3) is 0 Å². The summed E-state index contributed by atoms with van der Waals surface area (Å²) in [6.45, 7) is 8.68. The number of ether oxygens (including phenoxy) is 1. The second-order valence-electron chi connectivity index (χ2n) is 6.79. The van der Waals surface area contributed by atoms with Gasteiger partial charge in [0.05, 0.1) is 18.3 Å². The molecule has 0 radical (unpaired) electrons. The van der Waals surface area contributed by atoms with Crippen molar-refractivity contribution in [3.8, 4) is 0 Å².